The Hall–Kier alpha value is -1.11. The van der Waals surface area contributed by atoms with Crippen molar-refractivity contribution in [2.75, 3.05) is 18.5 Å². The summed E-state index contributed by atoms with van der Waals surface area (Å²) in [5.41, 5.74) is -0.770. The fourth-order valence-electron chi connectivity index (χ4n) is 2.68. The molecule has 0 radical (unpaired) electrons. The molecule has 0 fully saturated rings. The van der Waals surface area contributed by atoms with Gasteiger partial charge in [0.1, 0.15) is 0 Å². The minimum atomic E-state index is -4.24. The Morgan fingerprint density at radius 3 is 2.23 bits per heavy atom. The number of rotatable bonds is 8. The van der Waals surface area contributed by atoms with Crippen LogP contribution in [0.4, 0.5) is 5.69 Å². The summed E-state index contributed by atoms with van der Waals surface area (Å²) in [5, 5.41) is 5.44. The summed E-state index contributed by atoms with van der Waals surface area (Å²) in [6, 6.07) is 2.80. The normalized spacial score (nSPS) is 12.0. The van der Waals surface area contributed by atoms with Gasteiger partial charge in [0.25, 0.3) is 5.91 Å². The van der Waals surface area contributed by atoms with E-state index >= 15 is 0 Å². The van der Waals surface area contributed by atoms with Crippen molar-refractivity contribution in [2.45, 2.75) is 33.1 Å². The summed E-state index contributed by atoms with van der Waals surface area (Å²) in [5.74, 6) is -0.935. The highest BCUT2D eigenvalue weighted by Crippen LogP contribution is 2.42. The van der Waals surface area contributed by atoms with Gasteiger partial charge in [0.2, 0.25) is 5.91 Å². The van der Waals surface area contributed by atoms with E-state index in [0.29, 0.717) is 12.8 Å². The predicted molar refractivity (Wildman–Crippen MR) is 103 cm³/mol. The van der Waals surface area contributed by atoms with Gasteiger partial charge in [0.05, 0.1) is 22.4 Å². The minimum absolute atomic E-state index is 0.0136. The van der Waals surface area contributed by atoms with E-state index in [4.69, 9.17) is 33.0 Å². The van der Waals surface area contributed by atoms with Crippen LogP contribution in [0, 0.1) is 5.41 Å². The standard InChI is InChI=1S/C16H23Cl2N2O5P/c1-4-16(5-2,6-7-26(23,24)25)15(22)20-12-9-10(17)8-11(18)13(12)14(21)19-3/h8-9H,4-7H2,1-3H3,(H,19,21)(H,20,22)(H2,23,24,25). The molecule has 0 heterocycles. The number of carbonyl (C=O) groups excluding carboxylic acids is 2. The summed E-state index contributed by atoms with van der Waals surface area (Å²) in [4.78, 5) is 43.3. The largest absolute Gasteiger partial charge is 0.355 e. The molecule has 0 aliphatic rings. The molecule has 4 N–H and O–H groups in total. The average Bonchev–Trinajstić information content (AvgIpc) is 2.54. The highest BCUT2D eigenvalue weighted by molar-refractivity contribution is 7.51. The third kappa shape index (κ3) is 5.69. The van der Waals surface area contributed by atoms with E-state index in [0.717, 1.165) is 0 Å². The van der Waals surface area contributed by atoms with Crippen molar-refractivity contribution in [1.82, 2.24) is 5.32 Å². The first kappa shape index (κ1) is 22.9. The van der Waals surface area contributed by atoms with Crippen molar-refractivity contribution in [3.63, 3.8) is 0 Å². The molecule has 0 aromatic heterocycles. The molecule has 7 nitrogen and oxygen atoms in total. The Bertz CT molecular complexity index is 732. The molecule has 0 saturated carbocycles. The van der Waals surface area contributed by atoms with E-state index in [2.05, 4.69) is 10.6 Å². The maximum absolute atomic E-state index is 12.9. The molecule has 0 unspecified atom stereocenters. The van der Waals surface area contributed by atoms with Gasteiger partial charge in [-0.3, -0.25) is 14.2 Å². The van der Waals surface area contributed by atoms with Gasteiger partial charge in [-0.2, -0.15) is 0 Å². The van der Waals surface area contributed by atoms with Gasteiger partial charge in [-0.1, -0.05) is 37.0 Å². The Balaban J connectivity index is 3.25. The summed E-state index contributed by atoms with van der Waals surface area (Å²) in [7, 11) is -2.81. The average molecular weight is 425 g/mol. The lowest BCUT2D eigenvalue weighted by molar-refractivity contribution is -0.126. The molecule has 146 valence electrons. The number of halogens is 2. The molecule has 0 aliphatic carbocycles. The molecule has 0 atom stereocenters. The van der Waals surface area contributed by atoms with Gasteiger partial charge in [0.15, 0.2) is 0 Å². The monoisotopic (exact) mass is 424 g/mol. The fraction of sp³-hybridized carbons (Fsp3) is 0.500. The molecule has 2 amide bonds. The number of anilines is 1. The third-order valence-corrected chi connectivity index (χ3v) is 5.80. The van der Waals surface area contributed by atoms with E-state index in [1.165, 1.54) is 19.2 Å². The first-order valence-corrected chi connectivity index (χ1v) is 10.6. The summed E-state index contributed by atoms with van der Waals surface area (Å²) < 4.78 is 11.2. The second kappa shape index (κ2) is 9.20. The van der Waals surface area contributed by atoms with Crippen molar-refractivity contribution in [3.8, 4) is 0 Å². The Kier molecular flexibility index (Phi) is 8.11. The minimum Gasteiger partial charge on any atom is -0.355 e. The SMILES string of the molecule is CCC(CC)(CCP(=O)(O)O)C(=O)Nc1cc(Cl)cc(Cl)c1C(=O)NC. The highest BCUT2D eigenvalue weighted by atomic mass is 35.5. The van der Waals surface area contributed by atoms with Gasteiger partial charge in [-0.05, 0) is 31.4 Å². The number of benzene rings is 1. The quantitative estimate of drug-likeness (QED) is 0.475. The first-order chi connectivity index (χ1) is 12.0. The molecule has 0 spiro atoms. The van der Waals surface area contributed by atoms with Gasteiger partial charge in [-0.15, -0.1) is 0 Å². The van der Waals surface area contributed by atoms with Gasteiger partial charge in [0, 0.05) is 17.5 Å². The fourth-order valence-corrected chi connectivity index (χ4v) is 3.98. The zero-order valence-corrected chi connectivity index (χ0v) is 17.2. The van der Waals surface area contributed by atoms with E-state index in [1.54, 1.807) is 13.8 Å². The highest BCUT2D eigenvalue weighted by Gasteiger charge is 2.37. The molecule has 1 aromatic rings. The smallest absolute Gasteiger partial charge is 0.325 e. The van der Waals surface area contributed by atoms with E-state index in [1.807, 2.05) is 0 Å². The van der Waals surface area contributed by atoms with Crippen molar-refractivity contribution in [1.29, 1.82) is 0 Å². The summed E-state index contributed by atoms with van der Waals surface area (Å²) in [6.45, 7) is 3.54. The molecule has 1 rings (SSSR count). The zero-order chi connectivity index (χ0) is 20.1. The molecular weight excluding hydrogens is 402 g/mol. The molecule has 26 heavy (non-hydrogen) atoms. The Morgan fingerprint density at radius 1 is 1.19 bits per heavy atom. The van der Waals surface area contributed by atoms with Crippen LogP contribution in [0.15, 0.2) is 12.1 Å². The number of nitrogens with one attached hydrogen (secondary N) is 2. The maximum Gasteiger partial charge on any atom is 0.325 e. The Morgan fingerprint density at radius 2 is 1.77 bits per heavy atom. The van der Waals surface area contributed by atoms with Gasteiger partial charge in [-0.25, -0.2) is 0 Å². The molecular formula is C16H23Cl2N2O5P. The number of hydrogen-bond acceptors (Lipinski definition) is 3. The lowest BCUT2D eigenvalue weighted by Gasteiger charge is -2.31. The second-order valence-corrected chi connectivity index (χ2v) is 8.59. The Labute approximate surface area is 162 Å². The van der Waals surface area contributed by atoms with Crippen LogP contribution >= 0.6 is 30.8 Å². The van der Waals surface area contributed by atoms with Crippen LogP contribution in [-0.4, -0.2) is 34.8 Å². The lowest BCUT2D eigenvalue weighted by atomic mass is 9.78. The van der Waals surface area contributed by atoms with Crippen LogP contribution in [0.1, 0.15) is 43.5 Å². The van der Waals surface area contributed by atoms with Crippen LogP contribution in [0.2, 0.25) is 10.0 Å². The topological polar surface area (TPSA) is 116 Å². The van der Waals surface area contributed by atoms with Crippen LogP contribution < -0.4 is 10.6 Å². The third-order valence-electron chi connectivity index (χ3n) is 4.47. The van der Waals surface area contributed by atoms with Crippen molar-refractivity contribution >= 4 is 48.3 Å². The van der Waals surface area contributed by atoms with Crippen molar-refractivity contribution in [2.24, 2.45) is 5.41 Å². The first-order valence-electron chi connectivity index (χ1n) is 8.06. The van der Waals surface area contributed by atoms with E-state index < -0.39 is 31.0 Å². The summed E-state index contributed by atoms with van der Waals surface area (Å²) in [6.07, 6.45) is 0.359. The predicted octanol–water partition coefficient (Wildman–Crippen LogP) is 3.67. The van der Waals surface area contributed by atoms with Crippen LogP contribution in [0.25, 0.3) is 0 Å². The number of carbonyl (C=O) groups is 2. The molecule has 0 bridgehead atoms. The molecule has 1 aromatic carbocycles. The zero-order valence-electron chi connectivity index (χ0n) is 14.8. The lowest BCUT2D eigenvalue weighted by Crippen LogP contribution is -2.37. The maximum atomic E-state index is 12.9. The van der Waals surface area contributed by atoms with Crippen molar-refractivity contribution < 1.29 is 23.9 Å². The van der Waals surface area contributed by atoms with Crippen LogP contribution in [0.5, 0.6) is 0 Å². The summed E-state index contributed by atoms with van der Waals surface area (Å²) >= 11 is 12.1. The van der Waals surface area contributed by atoms with Gasteiger partial charge < -0.3 is 20.4 Å². The van der Waals surface area contributed by atoms with Crippen LogP contribution in [0.3, 0.4) is 0 Å². The second-order valence-electron chi connectivity index (χ2n) is 5.97. The van der Waals surface area contributed by atoms with Crippen molar-refractivity contribution in [3.05, 3.63) is 27.7 Å². The molecule has 10 heteroatoms. The number of amides is 2. The van der Waals surface area contributed by atoms with Crippen LogP contribution in [-0.2, 0) is 9.36 Å². The molecule has 0 saturated heterocycles. The number of hydrogen-bond donors (Lipinski definition) is 4. The van der Waals surface area contributed by atoms with E-state index in [-0.39, 0.29) is 27.7 Å². The van der Waals surface area contributed by atoms with E-state index in [9.17, 15) is 14.2 Å². The molecule has 0 aliphatic heterocycles. The van der Waals surface area contributed by atoms with Gasteiger partial charge >= 0.3 is 7.60 Å².